The molecule has 1 aromatic heterocycles. The number of anilines is 1. The number of carboxylic acids is 2. The van der Waals surface area contributed by atoms with E-state index >= 15 is 0 Å². The molecule has 1 aliphatic rings. The van der Waals surface area contributed by atoms with Crippen molar-refractivity contribution in [1.82, 2.24) is 4.98 Å². The molecular formula is C19H22N2O4. The summed E-state index contributed by atoms with van der Waals surface area (Å²) in [5, 5.41) is 16.8. The second kappa shape index (κ2) is 7.79. The van der Waals surface area contributed by atoms with E-state index in [-0.39, 0.29) is 0 Å². The zero-order valence-electron chi connectivity index (χ0n) is 14.4. The van der Waals surface area contributed by atoms with Crippen molar-refractivity contribution in [3.8, 4) is 0 Å². The number of carbonyl (C=O) groups is 2. The van der Waals surface area contributed by atoms with E-state index in [0.717, 1.165) is 29.4 Å². The number of hydrogen-bond acceptors (Lipinski definition) is 4. The van der Waals surface area contributed by atoms with Crippen molar-refractivity contribution in [3.63, 3.8) is 0 Å². The predicted molar refractivity (Wildman–Crippen MR) is 96.7 cm³/mol. The van der Waals surface area contributed by atoms with Crippen LogP contribution in [-0.4, -0.2) is 27.1 Å². The van der Waals surface area contributed by atoms with E-state index in [9.17, 15) is 9.59 Å². The molecule has 1 aliphatic carbocycles. The van der Waals surface area contributed by atoms with Crippen LogP contribution in [0.15, 0.2) is 24.3 Å². The van der Waals surface area contributed by atoms with Crippen molar-refractivity contribution < 1.29 is 19.8 Å². The summed E-state index contributed by atoms with van der Waals surface area (Å²) in [6.07, 6.45) is 5.79. The highest BCUT2D eigenvalue weighted by Crippen LogP contribution is 2.32. The van der Waals surface area contributed by atoms with E-state index in [1.807, 2.05) is 0 Å². The van der Waals surface area contributed by atoms with E-state index in [4.69, 9.17) is 20.9 Å². The summed E-state index contributed by atoms with van der Waals surface area (Å²) in [7, 11) is 0. The van der Waals surface area contributed by atoms with Gasteiger partial charge in [-0.15, -0.1) is 0 Å². The van der Waals surface area contributed by atoms with Crippen molar-refractivity contribution >= 4 is 28.5 Å². The average molecular weight is 342 g/mol. The first-order valence-electron chi connectivity index (χ1n) is 8.11. The Morgan fingerprint density at radius 2 is 1.68 bits per heavy atom. The van der Waals surface area contributed by atoms with Gasteiger partial charge in [0, 0.05) is 28.9 Å². The van der Waals surface area contributed by atoms with E-state index < -0.39 is 11.9 Å². The van der Waals surface area contributed by atoms with Crippen LogP contribution < -0.4 is 5.73 Å². The SMILES string of the molecule is Cc1cc(C)c2nc3c(c(N)c2c1)CCCC3.O=C(O)/C=C/C(=O)O. The third-order valence-corrected chi connectivity index (χ3v) is 4.11. The zero-order chi connectivity index (χ0) is 18.6. The fourth-order valence-corrected chi connectivity index (χ4v) is 3.06. The molecular weight excluding hydrogens is 320 g/mol. The Morgan fingerprint density at radius 3 is 2.28 bits per heavy atom. The molecule has 6 nitrogen and oxygen atoms in total. The van der Waals surface area contributed by atoms with Gasteiger partial charge in [0.2, 0.25) is 0 Å². The van der Waals surface area contributed by atoms with E-state index in [0.29, 0.717) is 12.2 Å². The number of nitrogen functional groups attached to an aromatic ring is 1. The van der Waals surface area contributed by atoms with Crippen LogP contribution in [0.5, 0.6) is 0 Å². The molecule has 0 radical (unpaired) electrons. The molecule has 0 saturated heterocycles. The molecule has 0 saturated carbocycles. The number of fused-ring (bicyclic) bond motifs is 2. The Balaban J connectivity index is 0.000000242. The van der Waals surface area contributed by atoms with Crippen LogP contribution in [0.25, 0.3) is 10.9 Å². The average Bonchev–Trinajstić information content (AvgIpc) is 2.55. The Labute approximate surface area is 146 Å². The Kier molecular flexibility index (Phi) is 5.75. The van der Waals surface area contributed by atoms with Crippen molar-refractivity contribution in [3.05, 3.63) is 46.7 Å². The molecule has 0 fully saturated rings. The van der Waals surface area contributed by atoms with Gasteiger partial charge in [-0.05, 0) is 56.7 Å². The Morgan fingerprint density at radius 1 is 1.08 bits per heavy atom. The smallest absolute Gasteiger partial charge is 0.328 e. The summed E-state index contributed by atoms with van der Waals surface area (Å²) in [4.78, 5) is 23.9. The lowest BCUT2D eigenvalue weighted by Gasteiger charge is -2.19. The summed E-state index contributed by atoms with van der Waals surface area (Å²) in [6.45, 7) is 4.24. The number of nitrogens with zero attached hydrogens (tertiary/aromatic N) is 1. The maximum absolute atomic E-state index is 9.55. The van der Waals surface area contributed by atoms with Gasteiger partial charge in [-0.3, -0.25) is 4.98 Å². The molecule has 25 heavy (non-hydrogen) atoms. The number of carboxylic acid groups (broad SMARTS) is 2. The number of aryl methyl sites for hydroxylation is 3. The van der Waals surface area contributed by atoms with Gasteiger partial charge in [0.25, 0.3) is 0 Å². The predicted octanol–water partition coefficient (Wildman–Crippen LogP) is 3.02. The van der Waals surface area contributed by atoms with Crippen LogP contribution in [0, 0.1) is 13.8 Å². The summed E-state index contributed by atoms with van der Waals surface area (Å²) in [5.41, 5.74) is 13.4. The van der Waals surface area contributed by atoms with E-state index in [1.165, 1.54) is 35.2 Å². The first-order chi connectivity index (χ1) is 11.8. The van der Waals surface area contributed by atoms with Gasteiger partial charge in [-0.2, -0.15) is 0 Å². The molecule has 0 unspecified atom stereocenters. The van der Waals surface area contributed by atoms with Crippen molar-refractivity contribution in [2.24, 2.45) is 0 Å². The van der Waals surface area contributed by atoms with Crippen LogP contribution in [-0.2, 0) is 22.4 Å². The number of nitrogens with two attached hydrogens (primary N) is 1. The highest BCUT2D eigenvalue weighted by atomic mass is 16.4. The molecule has 2 aromatic rings. The number of hydrogen-bond donors (Lipinski definition) is 3. The van der Waals surface area contributed by atoms with Gasteiger partial charge in [-0.25, -0.2) is 9.59 Å². The van der Waals surface area contributed by atoms with Crippen molar-refractivity contribution in [1.29, 1.82) is 0 Å². The molecule has 132 valence electrons. The largest absolute Gasteiger partial charge is 0.478 e. The summed E-state index contributed by atoms with van der Waals surface area (Å²) in [6, 6.07) is 4.35. The van der Waals surface area contributed by atoms with E-state index in [2.05, 4.69) is 26.0 Å². The maximum atomic E-state index is 9.55. The highest BCUT2D eigenvalue weighted by molar-refractivity contribution is 5.94. The van der Waals surface area contributed by atoms with Crippen molar-refractivity contribution in [2.45, 2.75) is 39.5 Å². The Bertz CT molecular complexity index is 840. The summed E-state index contributed by atoms with van der Waals surface area (Å²) >= 11 is 0. The van der Waals surface area contributed by atoms with E-state index in [1.54, 1.807) is 0 Å². The van der Waals surface area contributed by atoms with Gasteiger partial charge in [0.05, 0.1) is 5.52 Å². The monoisotopic (exact) mass is 342 g/mol. The number of aromatic nitrogens is 1. The highest BCUT2D eigenvalue weighted by Gasteiger charge is 2.17. The molecule has 4 N–H and O–H groups in total. The van der Waals surface area contributed by atoms with Crippen LogP contribution in [0.3, 0.4) is 0 Å². The number of rotatable bonds is 2. The summed E-state index contributed by atoms with van der Waals surface area (Å²) in [5.74, 6) is -2.51. The fourth-order valence-electron chi connectivity index (χ4n) is 3.06. The first-order valence-corrected chi connectivity index (χ1v) is 8.11. The molecule has 0 spiro atoms. The molecule has 0 atom stereocenters. The minimum Gasteiger partial charge on any atom is -0.478 e. The third kappa shape index (κ3) is 4.56. The normalized spacial score (nSPS) is 13.2. The third-order valence-electron chi connectivity index (χ3n) is 4.11. The van der Waals surface area contributed by atoms with Crippen LogP contribution in [0.4, 0.5) is 5.69 Å². The van der Waals surface area contributed by atoms with Gasteiger partial charge >= 0.3 is 11.9 Å². The van der Waals surface area contributed by atoms with Gasteiger partial charge in [-0.1, -0.05) is 11.6 Å². The lowest BCUT2D eigenvalue weighted by atomic mass is 9.92. The van der Waals surface area contributed by atoms with Crippen LogP contribution in [0.2, 0.25) is 0 Å². The van der Waals surface area contributed by atoms with Crippen LogP contribution in [0.1, 0.15) is 35.2 Å². The lowest BCUT2D eigenvalue weighted by molar-refractivity contribution is -0.134. The molecule has 3 rings (SSSR count). The molecule has 6 heteroatoms. The zero-order valence-corrected chi connectivity index (χ0v) is 14.4. The maximum Gasteiger partial charge on any atom is 0.328 e. The minimum atomic E-state index is -1.26. The minimum absolute atomic E-state index is 0.558. The number of pyridine rings is 1. The number of benzene rings is 1. The van der Waals surface area contributed by atoms with Crippen LogP contribution >= 0.6 is 0 Å². The molecule has 0 bridgehead atoms. The van der Waals surface area contributed by atoms with Gasteiger partial charge in [0.15, 0.2) is 0 Å². The second-order valence-corrected chi connectivity index (χ2v) is 6.15. The number of aliphatic carboxylic acids is 2. The van der Waals surface area contributed by atoms with Crippen molar-refractivity contribution in [2.75, 3.05) is 5.73 Å². The molecule has 0 aliphatic heterocycles. The first kappa shape index (κ1) is 18.4. The quantitative estimate of drug-likeness (QED) is 0.723. The topological polar surface area (TPSA) is 114 Å². The summed E-state index contributed by atoms with van der Waals surface area (Å²) < 4.78 is 0. The molecule has 1 aromatic carbocycles. The lowest BCUT2D eigenvalue weighted by Crippen LogP contribution is -2.10. The Hall–Kier alpha value is -2.89. The van der Waals surface area contributed by atoms with Gasteiger partial charge in [0.1, 0.15) is 0 Å². The molecule has 0 amide bonds. The standard InChI is InChI=1S/C15H18N2.C4H4O4/c1-9-7-10(2)15-12(8-9)14(16)11-5-3-4-6-13(11)17-15;5-3(6)1-2-4(7)8/h7-8H,3-6H2,1-2H3,(H2,16,17);1-2H,(H,5,6)(H,7,8)/b;2-1+. The second-order valence-electron chi connectivity index (χ2n) is 6.15. The fraction of sp³-hybridized carbons (Fsp3) is 0.316. The molecule has 1 heterocycles. The van der Waals surface area contributed by atoms with Gasteiger partial charge < -0.3 is 15.9 Å².